The number of hydrogen-bond acceptors (Lipinski definition) is 3. The highest BCUT2D eigenvalue weighted by Gasteiger charge is 2.58. The molecule has 1 heterocycles. The van der Waals surface area contributed by atoms with Crippen LogP contribution in [0.25, 0.3) is 0 Å². The summed E-state index contributed by atoms with van der Waals surface area (Å²) in [5.41, 5.74) is 2.68. The summed E-state index contributed by atoms with van der Waals surface area (Å²) >= 11 is 0. The van der Waals surface area contributed by atoms with Crippen molar-refractivity contribution < 1.29 is 5.21 Å². The van der Waals surface area contributed by atoms with Crippen molar-refractivity contribution in [3.8, 4) is 0 Å². The first-order chi connectivity index (χ1) is 6.05. The average Bonchev–Trinajstić information content (AvgIpc) is 2.61. The fourth-order valence-corrected chi connectivity index (χ4v) is 2.75. The van der Waals surface area contributed by atoms with Gasteiger partial charge in [-0.15, -0.1) is 0 Å². The molecule has 2 N–H and O–H groups in total. The minimum absolute atomic E-state index is 0.353. The van der Waals surface area contributed by atoms with Gasteiger partial charge in [0, 0.05) is 12.5 Å². The number of hydrogen-bond donors (Lipinski definition) is 2. The van der Waals surface area contributed by atoms with Crippen LogP contribution in [0.2, 0.25) is 0 Å². The van der Waals surface area contributed by atoms with E-state index in [1.54, 1.807) is 0 Å². The van der Waals surface area contributed by atoms with Crippen molar-refractivity contribution in [1.29, 1.82) is 0 Å². The van der Waals surface area contributed by atoms with E-state index in [-0.39, 0.29) is 0 Å². The molecule has 3 nitrogen and oxygen atoms in total. The van der Waals surface area contributed by atoms with Crippen molar-refractivity contribution in [3.05, 3.63) is 0 Å². The van der Waals surface area contributed by atoms with Crippen LogP contribution in [0.15, 0.2) is 4.99 Å². The van der Waals surface area contributed by atoms with Crippen LogP contribution in [-0.2, 0) is 0 Å². The molecular weight excluding hydrogens is 164 g/mol. The van der Waals surface area contributed by atoms with Gasteiger partial charge in [0.25, 0.3) is 0 Å². The van der Waals surface area contributed by atoms with Gasteiger partial charge in [-0.2, -0.15) is 0 Å². The minimum atomic E-state index is 0.353. The van der Waals surface area contributed by atoms with Gasteiger partial charge in [-0.25, -0.2) is 0 Å². The third-order valence-electron chi connectivity index (χ3n) is 3.80. The highest BCUT2D eigenvalue weighted by molar-refractivity contribution is 5.82. The Labute approximate surface area is 79.2 Å². The van der Waals surface area contributed by atoms with E-state index in [0.29, 0.717) is 11.5 Å². The maximum Gasteiger partial charge on any atom is 0.121 e. The zero-order valence-electron chi connectivity index (χ0n) is 8.54. The number of aliphatic imine (C=N–C) groups is 1. The lowest BCUT2D eigenvalue weighted by Crippen LogP contribution is -2.21. The molecule has 1 fully saturated rings. The van der Waals surface area contributed by atoms with E-state index >= 15 is 0 Å². The monoisotopic (exact) mass is 182 g/mol. The molecule has 0 radical (unpaired) electrons. The Kier molecular flexibility index (Phi) is 1.88. The van der Waals surface area contributed by atoms with Crippen LogP contribution in [0.3, 0.4) is 0 Å². The molecule has 0 spiro atoms. The summed E-state index contributed by atoms with van der Waals surface area (Å²) in [5.74, 6) is 2.29. The standard InChI is InChI=1S/C10H18N2O/c1-6-4-7-8(10(7,2)3)5-9(11-6)12-13/h6-8,13H,4-5H2,1-3H3,(H,11,12)/t6-,7+,8-/m1/s1. The van der Waals surface area contributed by atoms with Crippen LogP contribution in [-0.4, -0.2) is 17.1 Å². The molecule has 0 unspecified atom stereocenters. The van der Waals surface area contributed by atoms with Gasteiger partial charge in [0.05, 0.1) is 0 Å². The molecule has 2 rings (SSSR count). The molecule has 0 bridgehead atoms. The summed E-state index contributed by atoms with van der Waals surface area (Å²) in [7, 11) is 0. The Hall–Kier alpha value is -0.570. The fourth-order valence-electron chi connectivity index (χ4n) is 2.75. The lowest BCUT2D eigenvalue weighted by atomic mass is 10.0. The van der Waals surface area contributed by atoms with E-state index in [1.807, 2.05) is 0 Å². The number of amidine groups is 1. The Morgan fingerprint density at radius 2 is 2.15 bits per heavy atom. The lowest BCUT2D eigenvalue weighted by molar-refractivity contribution is 0.230. The zero-order valence-corrected chi connectivity index (χ0v) is 8.54. The first kappa shape index (κ1) is 9.00. The van der Waals surface area contributed by atoms with E-state index in [4.69, 9.17) is 5.21 Å². The van der Waals surface area contributed by atoms with Crippen LogP contribution in [0, 0.1) is 17.3 Å². The van der Waals surface area contributed by atoms with Gasteiger partial charge in [0.1, 0.15) is 5.84 Å². The predicted octanol–water partition coefficient (Wildman–Crippen LogP) is 1.82. The van der Waals surface area contributed by atoms with Crippen LogP contribution in [0.4, 0.5) is 0 Å². The molecule has 1 aliphatic carbocycles. The second kappa shape index (κ2) is 2.71. The summed E-state index contributed by atoms with van der Waals surface area (Å²) < 4.78 is 0. The normalized spacial score (nSPS) is 41.5. The molecule has 74 valence electrons. The third kappa shape index (κ3) is 1.35. The number of nitrogens with one attached hydrogen (secondary N) is 1. The summed E-state index contributed by atoms with van der Waals surface area (Å²) in [5, 5.41) is 8.86. The summed E-state index contributed by atoms with van der Waals surface area (Å²) in [6, 6.07) is 0.353. The Morgan fingerprint density at radius 1 is 1.46 bits per heavy atom. The van der Waals surface area contributed by atoms with Gasteiger partial charge in [0.2, 0.25) is 0 Å². The van der Waals surface area contributed by atoms with Crippen molar-refractivity contribution >= 4 is 5.84 Å². The maximum atomic E-state index is 8.86. The molecule has 0 saturated heterocycles. The predicted molar refractivity (Wildman–Crippen MR) is 51.8 cm³/mol. The SMILES string of the molecule is C[C@@H]1C[C@H]2[C@@H](CC(NO)=N1)C2(C)C. The molecule has 2 aliphatic rings. The molecular formula is C10H18N2O. The van der Waals surface area contributed by atoms with Gasteiger partial charge in [-0.3, -0.25) is 15.7 Å². The lowest BCUT2D eigenvalue weighted by Gasteiger charge is -2.10. The average molecular weight is 182 g/mol. The molecule has 0 aromatic rings. The topological polar surface area (TPSA) is 44.6 Å². The largest absolute Gasteiger partial charge is 0.290 e. The Bertz CT molecular complexity index is 247. The van der Waals surface area contributed by atoms with Gasteiger partial charge >= 0.3 is 0 Å². The van der Waals surface area contributed by atoms with Crippen molar-refractivity contribution in [1.82, 2.24) is 5.48 Å². The number of hydroxylamine groups is 1. The summed E-state index contributed by atoms with van der Waals surface area (Å²) in [6.07, 6.45) is 2.08. The molecule has 0 amide bonds. The zero-order chi connectivity index (χ0) is 9.64. The van der Waals surface area contributed by atoms with Gasteiger partial charge < -0.3 is 0 Å². The number of fused-ring (bicyclic) bond motifs is 1. The van der Waals surface area contributed by atoms with Crippen LogP contribution in [0.5, 0.6) is 0 Å². The number of nitrogens with zero attached hydrogens (tertiary/aromatic N) is 1. The Balaban J connectivity index is 2.13. The second-order valence-electron chi connectivity index (χ2n) is 5.01. The van der Waals surface area contributed by atoms with E-state index in [0.717, 1.165) is 24.1 Å². The minimum Gasteiger partial charge on any atom is -0.290 e. The fraction of sp³-hybridized carbons (Fsp3) is 0.900. The van der Waals surface area contributed by atoms with Crippen molar-refractivity contribution in [2.75, 3.05) is 0 Å². The van der Waals surface area contributed by atoms with Crippen molar-refractivity contribution in [2.24, 2.45) is 22.2 Å². The maximum absolute atomic E-state index is 8.86. The number of rotatable bonds is 0. The van der Waals surface area contributed by atoms with Crippen LogP contribution in [0.1, 0.15) is 33.6 Å². The smallest absolute Gasteiger partial charge is 0.121 e. The summed E-state index contributed by atoms with van der Waals surface area (Å²) in [6.45, 7) is 6.75. The van der Waals surface area contributed by atoms with Gasteiger partial charge in [-0.1, -0.05) is 13.8 Å². The van der Waals surface area contributed by atoms with E-state index in [2.05, 4.69) is 31.2 Å². The molecule has 1 saturated carbocycles. The van der Waals surface area contributed by atoms with E-state index in [9.17, 15) is 0 Å². The molecule has 3 heteroatoms. The molecule has 0 aromatic carbocycles. The first-order valence-electron chi connectivity index (χ1n) is 5.02. The van der Waals surface area contributed by atoms with Crippen molar-refractivity contribution in [3.63, 3.8) is 0 Å². The molecule has 13 heavy (non-hydrogen) atoms. The van der Waals surface area contributed by atoms with Gasteiger partial charge in [0.15, 0.2) is 0 Å². The van der Waals surface area contributed by atoms with Crippen LogP contribution >= 0.6 is 0 Å². The van der Waals surface area contributed by atoms with Crippen LogP contribution < -0.4 is 5.48 Å². The summed E-state index contributed by atoms with van der Waals surface area (Å²) in [4.78, 5) is 4.40. The third-order valence-corrected chi connectivity index (χ3v) is 3.80. The Morgan fingerprint density at radius 3 is 2.77 bits per heavy atom. The molecule has 0 aromatic heterocycles. The highest BCUT2D eigenvalue weighted by Crippen LogP contribution is 2.62. The molecule has 1 aliphatic heterocycles. The first-order valence-corrected chi connectivity index (χ1v) is 5.02. The quantitative estimate of drug-likeness (QED) is 0.561. The molecule has 3 atom stereocenters. The van der Waals surface area contributed by atoms with E-state index in [1.165, 1.54) is 6.42 Å². The van der Waals surface area contributed by atoms with E-state index < -0.39 is 0 Å². The second-order valence-corrected chi connectivity index (χ2v) is 5.01. The van der Waals surface area contributed by atoms with Crippen molar-refractivity contribution in [2.45, 2.75) is 39.7 Å². The van der Waals surface area contributed by atoms with Gasteiger partial charge in [-0.05, 0) is 30.6 Å². The highest BCUT2D eigenvalue weighted by atomic mass is 16.5.